The Kier molecular flexibility index (Phi) is 21.0. The van der Waals surface area contributed by atoms with E-state index in [0.29, 0.717) is 17.8 Å². The van der Waals surface area contributed by atoms with Crippen LogP contribution in [-0.2, 0) is 42.0 Å². The molecule has 0 aliphatic carbocycles. The topological polar surface area (TPSA) is 183 Å². The van der Waals surface area contributed by atoms with Gasteiger partial charge < -0.3 is 32.9 Å². The Labute approximate surface area is 396 Å². The maximum atomic E-state index is 14.6. The molecule has 6 atom stereocenters. The summed E-state index contributed by atoms with van der Waals surface area (Å²) in [6.45, 7) is 10.8. The summed E-state index contributed by atoms with van der Waals surface area (Å²) in [6, 6.07) is 12.1. The summed E-state index contributed by atoms with van der Waals surface area (Å²) in [7, 11) is -3.06. The zero-order chi connectivity index (χ0) is 47.6. The van der Waals surface area contributed by atoms with Crippen LogP contribution < -0.4 is 9.84 Å². The number of carbonyl (C=O) groups is 1. The van der Waals surface area contributed by atoms with Gasteiger partial charge in [0.15, 0.2) is 11.6 Å². The van der Waals surface area contributed by atoms with Crippen molar-refractivity contribution in [2.75, 3.05) is 38.9 Å². The number of rotatable bonds is 30. The minimum atomic E-state index is -4.57. The summed E-state index contributed by atoms with van der Waals surface area (Å²) < 4.78 is 70.1. The largest absolute Gasteiger partial charge is 0.530 e. The van der Waals surface area contributed by atoms with E-state index in [2.05, 4.69) is 28.4 Å². The Hall–Kier alpha value is -3.36. The van der Waals surface area contributed by atoms with Crippen LogP contribution in [0.4, 0.5) is 10.6 Å². The molecule has 2 aromatic heterocycles. The molecule has 2 aliphatic heterocycles. The molecule has 3 aromatic rings. The van der Waals surface area contributed by atoms with Crippen molar-refractivity contribution in [3.8, 4) is 11.8 Å². The molecule has 5 rings (SSSR count). The van der Waals surface area contributed by atoms with Crippen LogP contribution in [0.5, 0.6) is 5.75 Å². The monoisotopic (exact) mass is 961 g/mol. The molecule has 2 fully saturated rings. The van der Waals surface area contributed by atoms with Crippen molar-refractivity contribution < 1.29 is 51.4 Å². The summed E-state index contributed by atoms with van der Waals surface area (Å²) in [4.78, 5) is 16.9. The van der Waals surface area contributed by atoms with Crippen molar-refractivity contribution >= 4 is 36.9 Å². The first-order valence-electron chi connectivity index (χ1n) is 23.8. The van der Waals surface area contributed by atoms with Crippen molar-refractivity contribution in [3.63, 3.8) is 0 Å². The number of aromatic nitrogens is 3. The van der Waals surface area contributed by atoms with Crippen molar-refractivity contribution in [3.05, 3.63) is 53.4 Å². The SMILES string of the molecule is CCCCCCCCCCCCCCCCCCOC[C@H](COP(=O)(OC[C@@]1(C#N)O[C@@H](c2ccc3c(NC(=O)OC(C)(C)C)ncnn23)[C@@H]2OC(C)(C)O[C@@H]21)Oc1ccccc1Cl)OC. The van der Waals surface area contributed by atoms with Gasteiger partial charge in [-0.3, -0.25) is 14.4 Å². The highest BCUT2D eigenvalue weighted by Crippen LogP contribution is 2.55. The van der Waals surface area contributed by atoms with Gasteiger partial charge in [0, 0.05) is 13.7 Å². The van der Waals surface area contributed by atoms with Crippen LogP contribution in [0.15, 0.2) is 42.7 Å². The lowest BCUT2D eigenvalue weighted by Gasteiger charge is -2.30. The highest BCUT2D eigenvalue weighted by atomic mass is 35.5. The number of carbonyl (C=O) groups excluding carboxylic acids is 1. The maximum absolute atomic E-state index is 14.6. The Balaban J connectivity index is 1.15. The predicted molar refractivity (Wildman–Crippen MR) is 252 cm³/mol. The zero-order valence-electron chi connectivity index (χ0n) is 40.1. The smallest absolute Gasteiger partial charge is 0.444 e. The number of fused-ring (bicyclic) bond motifs is 2. The van der Waals surface area contributed by atoms with E-state index in [0.717, 1.165) is 12.8 Å². The maximum Gasteiger partial charge on any atom is 0.530 e. The molecule has 1 aromatic carbocycles. The third kappa shape index (κ3) is 16.1. The van der Waals surface area contributed by atoms with E-state index in [9.17, 15) is 14.6 Å². The molecule has 18 heteroatoms. The van der Waals surface area contributed by atoms with Gasteiger partial charge in [0.2, 0.25) is 5.60 Å². The fourth-order valence-corrected chi connectivity index (χ4v) is 9.60. The number of nitriles is 1. The number of halogens is 1. The molecule has 1 amide bonds. The summed E-state index contributed by atoms with van der Waals surface area (Å²) in [5, 5.41) is 18.1. The van der Waals surface area contributed by atoms with Crippen molar-refractivity contribution in [2.24, 2.45) is 0 Å². The van der Waals surface area contributed by atoms with Crippen LogP contribution in [-0.4, -0.2) is 89.5 Å². The van der Waals surface area contributed by atoms with Gasteiger partial charge in [0.25, 0.3) is 0 Å². The van der Waals surface area contributed by atoms with Gasteiger partial charge in [-0.2, -0.15) is 10.4 Å². The van der Waals surface area contributed by atoms with Crippen LogP contribution in [0.3, 0.4) is 0 Å². The number of anilines is 1. The van der Waals surface area contributed by atoms with E-state index < -0.39 is 61.9 Å². The molecule has 66 heavy (non-hydrogen) atoms. The van der Waals surface area contributed by atoms with E-state index in [1.54, 1.807) is 65.0 Å². The molecule has 0 bridgehead atoms. The second-order valence-electron chi connectivity index (χ2n) is 18.6. The minimum Gasteiger partial charge on any atom is -0.444 e. The summed E-state index contributed by atoms with van der Waals surface area (Å²) in [6.07, 6.45) is 17.8. The molecule has 0 saturated carbocycles. The number of ether oxygens (including phenoxy) is 6. The summed E-state index contributed by atoms with van der Waals surface area (Å²) in [5.74, 6) is -0.910. The second-order valence-corrected chi connectivity index (χ2v) is 20.6. The first-order chi connectivity index (χ1) is 31.6. The van der Waals surface area contributed by atoms with Crippen molar-refractivity contribution in [2.45, 2.75) is 186 Å². The molecular formula is C48H73ClN5O11P. The number of benzene rings is 1. The number of amides is 1. The highest BCUT2D eigenvalue weighted by molar-refractivity contribution is 7.49. The molecule has 2 saturated heterocycles. The van der Waals surface area contributed by atoms with Gasteiger partial charge in [-0.05, 0) is 65.3 Å². The first-order valence-corrected chi connectivity index (χ1v) is 25.7. The second kappa shape index (κ2) is 25.8. The minimum absolute atomic E-state index is 0.0435. The molecular weight excluding hydrogens is 889 g/mol. The van der Waals surface area contributed by atoms with Gasteiger partial charge in [0.05, 0.1) is 23.9 Å². The van der Waals surface area contributed by atoms with Gasteiger partial charge in [-0.15, -0.1) is 0 Å². The van der Waals surface area contributed by atoms with Gasteiger partial charge in [0.1, 0.15) is 60.3 Å². The number of hydrogen-bond acceptors (Lipinski definition) is 14. The third-order valence-corrected chi connectivity index (χ3v) is 13.1. The lowest BCUT2D eigenvalue weighted by atomic mass is 9.96. The predicted octanol–water partition coefficient (Wildman–Crippen LogP) is 12.1. The lowest BCUT2D eigenvalue weighted by molar-refractivity contribution is -0.204. The molecule has 0 radical (unpaired) electrons. The number of unbranched alkanes of at least 4 members (excludes halogenated alkanes) is 15. The first kappa shape index (κ1) is 53.6. The fraction of sp³-hybridized carbons (Fsp3) is 0.708. The number of nitrogens with zero attached hydrogens (tertiary/aromatic N) is 4. The van der Waals surface area contributed by atoms with Crippen molar-refractivity contribution in [1.29, 1.82) is 5.26 Å². The van der Waals surface area contributed by atoms with E-state index in [1.165, 1.54) is 114 Å². The molecule has 16 nitrogen and oxygen atoms in total. The number of para-hydroxylation sites is 1. The van der Waals surface area contributed by atoms with Crippen molar-refractivity contribution in [1.82, 2.24) is 14.6 Å². The molecule has 2 aliphatic rings. The number of phosphoric acid groups is 1. The average Bonchev–Trinajstić information content (AvgIpc) is 3.94. The Morgan fingerprint density at radius 2 is 1.55 bits per heavy atom. The Bertz CT molecular complexity index is 2040. The van der Waals surface area contributed by atoms with Crippen LogP contribution in [0.25, 0.3) is 5.52 Å². The highest BCUT2D eigenvalue weighted by Gasteiger charge is 2.65. The Morgan fingerprint density at radius 1 is 0.909 bits per heavy atom. The van der Waals surface area contributed by atoms with Gasteiger partial charge in [-0.25, -0.2) is 18.9 Å². The zero-order valence-corrected chi connectivity index (χ0v) is 41.7. The van der Waals surface area contributed by atoms with Crippen LogP contribution in [0, 0.1) is 11.3 Å². The molecule has 1 unspecified atom stereocenters. The van der Waals surface area contributed by atoms with Gasteiger partial charge in [-0.1, -0.05) is 127 Å². The van der Waals surface area contributed by atoms with E-state index >= 15 is 0 Å². The van der Waals surface area contributed by atoms with Gasteiger partial charge >= 0.3 is 13.9 Å². The summed E-state index contributed by atoms with van der Waals surface area (Å²) in [5.41, 5.74) is -1.74. The fourth-order valence-electron chi connectivity index (χ4n) is 8.09. The summed E-state index contributed by atoms with van der Waals surface area (Å²) >= 11 is 6.43. The van der Waals surface area contributed by atoms with E-state index in [-0.39, 0.29) is 29.8 Å². The lowest BCUT2D eigenvalue weighted by Crippen LogP contribution is -2.46. The number of methoxy groups -OCH3 is 1. The number of hydrogen-bond donors (Lipinski definition) is 1. The standard InChI is InChI=1S/C48H73ClN5O11P/c1-8-9-10-11-12-13-14-15-16-17-18-19-20-21-22-25-30-58-31-36(57-7)32-59-66(56,65-40-27-24-23-26-37(40)49)60-34-48(33-50)43-42(61-47(5,6)63-43)41(62-48)38-28-29-39-44(51-35-52-54(38)39)53-45(55)64-46(2,3)4/h23-24,26-29,35-36,41-43H,8-22,25,30-32,34H2,1-7H3,(H,51,52,53,55)/t36-,41+,42+,43+,48-,66?/m1/s1. The molecule has 368 valence electrons. The number of nitrogens with one attached hydrogen (secondary N) is 1. The molecule has 0 spiro atoms. The average molecular weight is 963 g/mol. The van der Waals surface area contributed by atoms with Crippen LogP contribution in [0.1, 0.15) is 156 Å². The Morgan fingerprint density at radius 3 is 2.15 bits per heavy atom. The van der Waals surface area contributed by atoms with E-state index in [1.807, 2.05) is 0 Å². The third-order valence-electron chi connectivity index (χ3n) is 11.5. The quantitative estimate of drug-likeness (QED) is 0.0492. The number of phosphoric ester groups is 1. The van der Waals surface area contributed by atoms with Crippen LogP contribution in [0.2, 0.25) is 5.02 Å². The molecule has 4 heterocycles. The van der Waals surface area contributed by atoms with E-state index in [4.69, 9.17) is 53.6 Å². The van der Waals surface area contributed by atoms with Crippen LogP contribution >= 0.6 is 19.4 Å². The molecule has 1 N–H and O–H groups in total. The normalized spacial score (nSPS) is 21.6.